The molecule has 0 saturated heterocycles. The highest BCUT2D eigenvalue weighted by molar-refractivity contribution is 4.95. The number of aliphatic hydroxyl groups is 1. The number of aliphatic hydroxyl groups excluding tert-OH is 1. The Kier molecular flexibility index (Phi) is 11.2. The van der Waals surface area contributed by atoms with Gasteiger partial charge in [0.2, 0.25) is 0 Å². The molecule has 0 aromatic heterocycles. The predicted molar refractivity (Wildman–Crippen MR) is 76.4 cm³/mol. The summed E-state index contributed by atoms with van der Waals surface area (Å²) in [4.78, 5) is 0. The third kappa shape index (κ3) is 9.47. The van der Waals surface area contributed by atoms with Crippen molar-refractivity contribution in [2.24, 2.45) is 5.92 Å². The lowest BCUT2D eigenvalue weighted by Gasteiger charge is -2.17. The highest BCUT2D eigenvalue weighted by Gasteiger charge is 2.09. The molecule has 3 nitrogen and oxygen atoms in total. The van der Waals surface area contributed by atoms with Gasteiger partial charge in [-0.2, -0.15) is 0 Å². The molecule has 0 aliphatic carbocycles. The van der Waals surface area contributed by atoms with E-state index in [-0.39, 0.29) is 6.04 Å². The van der Waals surface area contributed by atoms with Crippen LogP contribution in [0.5, 0.6) is 0 Å². The average Bonchev–Trinajstić information content (AvgIpc) is 2.39. The first-order valence-electron chi connectivity index (χ1n) is 7.09. The Labute approximate surface area is 112 Å². The molecule has 0 bridgehead atoms. The van der Waals surface area contributed by atoms with E-state index < -0.39 is 6.10 Å². The van der Waals surface area contributed by atoms with Crippen LogP contribution in [0.15, 0.2) is 0 Å². The van der Waals surface area contributed by atoms with Crippen LogP contribution in [0.4, 0.5) is 0 Å². The van der Waals surface area contributed by atoms with Gasteiger partial charge in [-0.05, 0) is 19.3 Å². The summed E-state index contributed by atoms with van der Waals surface area (Å²) < 4.78 is 5.57. The van der Waals surface area contributed by atoms with Crippen LogP contribution >= 0.6 is 0 Å². The van der Waals surface area contributed by atoms with E-state index in [1.54, 1.807) is 0 Å². The van der Waals surface area contributed by atoms with Crippen molar-refractivity contribution < 1.29 is 9.84 Å². The first-order chi connectivity index (χ1) is 8.63. The van der Waals surface area contributed by atoms with Crippen LogP contribution in [0, 0.1) is 18.3 Å². The van der Waals surface area contributed by atoms with E-state index >= 15 is 0 Å². The summed E-state index contributed by atoms with van der Waals surface area (Å²) in [5.41, 5.74) is 0. The Morgan fingerprint density at radius 1 is 1.33 bits per heavy atom. The quantitative estimate of drug-likeness (QED) is 0.556. The Balaban J connectivity index is 3.59. The van der Waals surface area contributed by atoms with E-state index in [0.29, 0.717) is 19.1 Å². The van der Waals surface area contributed by atoms with Crippen molar-refractivity contribution in [2.45, 2.75) is 58.6 Å². The molecule has 0 spiro atoms. The average molecular weight is 255 g/mol. The molecule has 3 atom stereocenters. The van der Waals surface area contributed by atoms with E-state index in [0.717, 1.165) is 13.0 Å². The number of terminal acetylenes is 1. The number of rotatable bonds is 11. The molecule has 0 fully saturated rings. The van der Waals surface area contributed by atoms with Gasteiger partial charge in [0.25, 0.3) is 0 Å². The maximum Gasteiger partial charge on any atom is 0.0898 e. The number of nitrogens with one attached hydrogen (secondary N) is 1. The molecule has 0 aliphatic rings. The fraction of sp³-hybridized carbons (Fsp3) is 0.867. The summed E-state index contributed by atoms with van der Waals surface area (Å²) in [5, 5.41) is 12.8. The summed E-state index contributed by atoms with van der Waals surface area (Å²) in [6.07, 6.45) is 9.60. The molecule has 106 valence electrons. The van der Waals surface area contributed by atoms with E-state index in [2.05, 4.69) is 25.1 Å². The van der Waals surface area contributed by atoms with Crippen LogP contribution in [0.3, 0.4) is 0 Å². The van der Waals surface area contributed by atoms with Crippen LogP contribution in [-0.2, 0) is 4.74 Å². The largest absolute Gasteiger partial charge is 0.389 e. The molecule has 0 aromatic rings. The molecule has 0 heterocycles. The zero-order valence-corrected chi connectivity index (χ0v) is 12.1. The molecule has 2 N–H and O–H groups in total. The molecule has 0 saturated carbocycles. The van der Waals surface area contributed by atoms with Crippen LogP contribution in [0.1, 0.15) is 46.5 Å². The standard InChI is InChI=1S/C15H29NO2/c1-5-8-9-14(7-3)11-18-12-15(17)10-16-13(4)6-2/h2,13-17H,5,7-12H2,1,3-4H3. The van der Waals surface area contributed by atoms with E-state index in [1.807, 2.05) is 6.92 Å². The molecule has 3 heteroatoms. The smallest absolute Gasteiger partial charge is 0.0898 e. The molecule has 3 unspecified atom stereocenters. The van der Waals surface area contributed by atoms with Crippen LogP contribution < -0.4 is 5.32 Å². The fourth-order valence-electron chi connectivity index (χ4n) is 1.70. The van der Waals surface area contributed by atoms with Gasteiger partial charge in [0, 0.05) is 13.2 Å². The Hall–Kier alpha value is -0.560. The molecule has 18 heavy (non-hydrogen) atoms. The third-order valence-electron chi connectivity index (χ3n) is 3.12. The van der Waals surface area contributed by atoms with Crippen LogP contribution in [0.25, 0.3) is 0 Å². The SMILES string of the molecule is C#CC(C)NCC(O)COCC(CC)CCCC. The summed E-state index contributed by atoms with van der Waals surface area (Å²) >= 11 is 0. The van der Waals surface area contributed by atoms with Crippen molar-refractivity contribution in [3.05, 3.63) is 0 Å². The monoisotopic (exact) mass is 255 g/mol. The summed E-state index contributed by atoms with van der Waals surface area (Å²) in [5.74, 6) is 3.18. The molecule has 0 aliphatic heterocycles. The lowest BCUT2D eigenvalue weighted by Crippen LogP contribution is -2.35. The van der Waals surface area contributed by atoms with Gasteiger partial charge < -0.3 is 15.2 Å². The van der Waals surface area contributed by atoms with Gasteiger partial charge in [0.15, 0.2) is 0 Å². The van der Waals surface area contributed by atoms with E-state index in [4.69, 9.17) is 11.2 Å². The molecule has 0 amide bonds. The highest BCUT2D eigenvalue weighted by Crippen LogP contribution is 2.12. The number of ether oxygens (including phenoxy) is 1. The zero-order valence-electron chi connectivity index (χ0n) is 12.1. The Bertz CT molecular complexity index is 225. The lowest BCUT2D eigenvalue weighted by atomic mass is 10.0. The highest BCUT2D eigenvalue weighted by atomic mass is 16.5. The summed E-state index contributed by atoms with van der Waals surface area (Å²) in [6.45, 7) is 7.90. The second kappa shape index (κ2) is 11.5. The molecular weight excluding hydrogens is 226 g/mol. The van der Waals surface area contributed by atoms with Gasteiger partial charge in [0.1, 0.15) is 0 Å². The van der Waals surface area contributed by atoms with E-state index in [9.17, 15) is 5.11 Å². The minimum Gasteiger partial charge on any atom is -0.389 e. The van der Waals surface area contributed by atoms with E-state index in [1.165, 1.54) is 19.3 Å². The van der Waals surface area contributed by atoms with Crippen molar-refractivity contribution in [1.29, 1.82) is 0 Å². The van der Waals surface area contributed by atoms with Gasteiger partial charge in [-0.15, -0.1) is 6.42 Å². The number of unbranched alkanes of at least 4 members (excludes halogenated alkanes) is 1. The predicted octanol–water partition coefficient (Wildman–Crippen LogP) is 2.19. The van der Waals surface area contributed by atoms with Crippen LogP contribution in [-0.4, -0.2) is 37.0 Å². The van der Waals surface area contributed by atoms with Crippen molar-refractivity contribution in [3.8, 4) is 12.3 Å². The van der Waals surface area contributed by atoms with Gasteiger partial charge in [-0.25, -0.2) is 0 Å². The second-order valence-electron chi connectivity index (χ2n) is 4.90. The van der Waals surface area contributed by atoms with Crippen LogP contribution in [0.2, 0.25) is 0 Å². The minimum atomic E-state index is -0.482. The zero-order chi connectivity index (χ0) is 13.8. The maximum atomic E-state index is 9.70. The lowest BCUT2D eigenvalue weighted by molar-refractivity contribution is 0.0190. The van der Waals surface area contributed by atoms with Gasteiger partial charge in [-0.3, -0.25) is 0 Å². The van der Waals surface area contributed by atoms with Gasteiger partial charge >= 0.3 is 0 Å². The normalized spacial score (nSPS) is 15.9. The van der Waals surface area contributed by atoms with Crippen molar-refractivity contribution in [1.82, 2.24) is 5.32 Å². The second-order valence-corrected chi connectivity index (χ2v) is 4.90. The Morgan fingerprint density at radius 3 is 2.61 bits per heavy atom. The number of hydrogen-bond donors (Lipinski definition) is 2. The molecular formula is C15H29NO2. The Morgan fingerprint density at radius 2 is 2.06 bits per heavy atom. The van der Waals surface area contributed by atoms with Gasteiger partial charge in [-0.1, -0.05) is 39.0 Å². The van der Waals surface area contributed by atoms with Crippen molar-refractivity contribution in [2.75, 3.05) is 19.8 Å². The topological polar surface area (TPSA) is 41.5 Å². The maximum absolute atomic E-state index is 9.70. The first-order valence-corrected chi connectivity index (χ1v) is 7.09. The first kappa shape index (κ1) is 17.4. The summed E-state index contributed by atoms with van der Waals surface area (Å²) in [7, 11) is 0. The minimum absolute atomic E-state index is 0.00686. The fourth-order valence-corrected chi connectivity index (χ4v) is 1.70. The third-order valence-corrected chi connectivity index (χ3v) is 3.12. The molecule has 0 aromatic carbocycles. The summed E-state index contributed by atoms with van der Waals surface area (Å²) in [6, 6.07) is -0.00686. The van der Waals surface area contributed by atoms with Crippen molar-refractivity contribution >= 4 is 0 Å². The van der Waals surface area contributed by atoms with Gasteiger partial charge in [0.05, 0.1) is 18.8 Å². The van der Waals surface area contributed by atoms with Crippen molar-refractivity contribution in [3.63, 3.8) is 0 Å². The molecule has 0 radical (unpaired) electrons. The molecule has 0 rings (SSSR count). The number of hydrogen-bond acceptors (Lipinski definition) is 3.